The van der Waals surface area contributed by atoms with Gasteiger partial charge < -0.3 is 9.47 Å². The SMILES string of the molecule is CCCCCCC(C)C(C(=O)OCC)C(=O)OCC. The highest BCUT2D eigenvalue weighted by atomic mass is 16.6. The third-order valence-corrected chi connectivity index (χ3v) is 3.16. The fourth-order valence-electron chi connectivity index (χ4n) is 2.08. The average Bonchev–Trinajstić information content (AvgIpc) is 2.35. The summed E-state index contributed by atoms with van der Waals surface area (Å²) in [5.41, 5.74) is 0. The largest absolute Gasteiger partial charge is 0.465 e. The molecule has 0 radical (unpaired) electrons. The molecule has 0 aliphatic rings. The van der Waals surface area contributed by atoms with Gasteiger partial charge in [0, 0.05) is 0 Å². The van der Waals surface area contributed by atoms with Crippen LogP contribution >= 0.6 is 0 Å². The molecule has 0 aliphatic carbocycles. The van der Waals surface area contributed by atoms with Gasteiger partial charge in [0.25, 0.3) is 0 Å². The number of esters is 2. The van der Waals surface area contributed by atoms with Crippen molar-refractivity contribution in [2.24, 2.45) is 11.8 Å². The van der Waals surface area contributed by atoms with E-state index in [9.17, 15) is 9.59 Å². The molecule has 112 valence electrons. The lowest BCUT2D eigenvalue weighted by atomic mass is 9.89. The molecular weight excluding hydrogens is 244 g/mol. The molecule has 19 heavy (non-hydrogen) atoms. The third-order valence-electron chi connectivity index (χ3n) is 3.16. The van der Waals surface area contributed by atoms with Crippen molar-refractivity contribution in [2.45, 2.75) is 59.8 Å². The van der Waals surface area contributed by atoms with Crippen LogP contribution < -0.4 is 0 Å². The summed E-state index contributed by atoms with van der Waals surface area (Å²) >= 11 is 0. The minimum atomic E-state index is -0.776. The number of hydrogen-bond donors (Lipinski definition) is 0. The van der Waals surface area contributed by atoms with E-state index in [4.69, 9.17) is 9.47 Å². The number of hydrogen-bond acceptors (Lipinski definition) is 4. The van der Waals surface area contributed by atoms with Crippen LogP contribution in [0.1, 0.15) is 59.8 Å². The molecule has 0 rings (SSSR count). The van der Waals surface area contributed by atoms with E-state index in [2.05, 4.69) is 6.92 Å². The van der Waals surface area contributed by atoms with Crippen LogP contribution in [0, 0.1) is 11.8 Å². The number of rotatable bonds is 10. The minimum Gasteiger partial charge on any atom is -0.465 e. The molecule has 1 atom stereocenters. The summed E-state index contributed by atoms with van der Waals surface area (Å²) in [4.78, 5) is 23.7. The minimum absolute atomic E-state index is 0.0324. The maximum absolute atomic E-state index is 11.9. The van der Waals surface area contributed by atoms with Crippen molar-refractivity contribution in [1.29, 1.82) is 0 Å². The molecule has 0 aromatic carbocycles. The van der Waals surface area contributed by atoms with Crippen LogP contribution in [0.25, 0.3) is 0 Å². The van der Waals surface area contributed by atoms with Crippen molar-refractivity contribution in [3.63, 3.8) is 0 Å². The standard InChI is InChI=1S/C15H28O4/c1-5-8-9-10-11-12(4)13(14(16)18-6-2)15(17)19-7-3/h12-13H,5-11H2,1-4H3. The Morgan fingerprint density at radius 2 is 1.42 bits per heavy atom. The molecule has 0 saturated carbocycles. The van der Waals surface area contributed by atoms with Crippen LogP contribution in [0.15, 0.2) is 0 Å². The highest BCUT2D eigenvalue weighted by Gasteiger charge is 2.34. The number of unbranched alkanes of at least 4 members (excludes halogenated alkanes) is 3. The molecule has 0 spiro atoms. The number of ether oxygens (including phenoxy) is 2. The maximum Gasteiger partial charge on any atom is 0.320 e. The second-order valence-electron chi connectivity index (χ2n) is 4.81. The van der Waals surface area contributed by atoms with Gasteiger partial charge in [-0.05, 0) is 26.2 Å². The molecular formula is C15H28O4. The first-order valence-corrected chi connectivity index (χ1v) is 7.41. The van der Waals surface area contributed by atoms with Gasteiger partial charge >= 0.3 is 11.9 Å². The zero-order valence-corrected chi connectivity index (χ0v) is 12.7. The smallest absolute Gasteiger partial charge is 0.320 e. The number of carbonyl (C=O) groups is 2. The first kappa shape index (κ1) is 17.9. The topological polar surface area (TPSA) is 52.6 Å². The second-order valence-corrected chi connectivity index (χ2v) is 4.81. The molecule has 0 amide bonds. The quantitative estimate of drug-likeness (QED) is 0.348. The Morgan fingerprint density at radius 1 is 0.895 bits per heavy atom. The Morgan fingerprint density at radius 3 is 1.84 bits per heavy atom. The van der Waals surface area contributed by atoms with E-state index in [1.54, 1.807) is 13.8 Å². The van der Waals surface area contributed by atoms with Crippen molar-refractivity contribution < 1.29 is 19.1 Å². The lowest BCUT2D eigenvalue weighted by Crippen LogP contribution is -2.33. The van der Waals surface area contributed by atoms with Gasteiger partial charge in [0.2, 0.25) is 0 Å². The molecule has 4 nitrogen and oxygen atoms in total. The van der Waals surface area contributed by atoms with Crippen molar-refractivity contribution in [2.75, 3.05) is 13.2 Å². The summed E-state index contributed by atoms with van der Waals surface area (Å²) in [5.74, 6) is -1.72. The first-order valence-electron chi connectivity index (χ1n) is 7.41. The Bertz CT molecular complexity index is 245. The molecule has 0 N–H and O–H groups in total. The zero-order chi connectivity index (χ0) is 14.7. The molecule has 0 aromatic rings. The van der Waals surface area contributed by atoms with Gasteiger partial charge in [0.1, 0.15) is 0 Å². The first-order chi connectivity index (χ1) is 9.08. The molecule has 1 unspecified atom stereocenters. The highest BCUT2D eigenvalue weighted by Crippen LogP contribution is 2.22. The lowest BCUT2D eigenvalue weighted by molar-refractivity contribution is -0.164. The van der Waals surface area contributed by atoms with Gasteiger partial charge in [-0.2, -0.15) is 0 Å². The summed E-state index contributed by atoms with van der Waals surface area (Å²) in [6.07, 6.45) is 5.38. The molecule has 0 aliphatic heterocycles. The van der Waals surface area contributed by atoms with Gasteiger partial charge in [-0.1, -0.05) is 39.5 Å². The summed E-state index contributed by atoms with van der Waals surface area (Å²) in [6.45, 7) is 8.14. The van der Waals surface area contributed by atoms with Crippen LogP contribution in [0.2, 0.25) is 0 Å². The Labute approximate surface area is 116 Å². The molecule has 0 saturated heterocycles. The second kappa shape index (κ2) is 10.8. The number of carbonyl (C=O) groups excluding carboxylic acids is 2. The van der Waals surface area contributed by atoms with E-state index in [-0.39, 0.29) is 19.1 Å². The average molecular weight is 272 g/mol. The highest BCUT2D eigenvalue weighted by molar-refractivity contribution is 5.95. The van der Waals surface area contributed by atoms with E-state index in [0.717, 1.165) is 19.3 Å². The summed E-state index contributed by atoms with van der Waals surface area (Å²) < 4.78 is 9.96. The van der Waals surface area contributed by atoms with Crippen molar-refractivity contribution >= 4 is 11.9 Å². The van der Waals surface area contributed by atoms with E-state index < -0.39 is 17.9 Å². The van der Waals surface area contributed by atoms with E-state index in [1.165, 1.54) is 12.8 Å². The van der Waals surface area contributed by atoms with Gasteiger partial charge in [0.15, 0.2) is 5.92 Å². The fraction of sp³-hybridized carbons (Fsp3) is 0.867. The maximum atomic E-state index is 11.9. The molecule has 4 heteroatoms. The van der Waals surface area contributed by atoms with Gasteiger partial charge in [0.05, 0.1) is 13.2 Å². The zero-order valence-electron chi connectivity index (χ0n) is 12.7. The summed E-state index contributed by atoms with van der Waals surface area (Å²) in [7, 11) is 0. The predicted molar refractivity (Wildman–Crippen MR) is 74.7 cm³/mol. The fourth-order valence-corrected chi connectivity index (χ4v) is 2.08. The Kier molecular flexibility index (Phi) is 10.2. The van der Waals surface area contributed by atoms with Crippen LogP contribution in [-0.2, 0) is 19.1 Å². The van der Waals surface area contributed by atoms with E-state index >= 15 is 0 Å². The van der Waals surface area contributed by atoms with Crippen LogP contribution in [0.4, 0.5) is 0 Å². The van der Waals surface area contributed by atoms with Crippen LogP contribution in [0.3, 0.4) is 0 Å². The Hall–Kier alpha value is -1.06. The molecule has 0 fully saturated rings. The monoisotopic (exact) mass is 272 g/mol. The van der Waals surface area contributed by atoms with Crippen molar-refractivity contribution in [3.8, 4) is 0 Å². The molecule has 0 heterocycles. The molecule has 0 aromatic heterocycles. The molecule has 0 bridgehead atoms. The van der Waals surface area contributed by atoms with Crippen LogP contribution in [-0.4, -0.2) is 25.2 Å². The summed E-state index contributed by atoms with van der Waals surface area (Å²) in [6, 6.07) is 0. The van der Waals surface area contributed by atoms with Crippen molar-refractivity contribution in [1.82, 2.24) is 0 Å². The Balaban J connectivity index is 4.45. The normalized spacial score (nSPS) is 12.3. The van der Waals surface area contributed by atoms with E-state index in [0.29, 0.717) is 0 Å². The van der Waals surface area contributed by atoms with Gasteiger partial charge in [-0.25, -0.2) is 0 Å². The van der Waals surface area contributed by atoms with Crippen molar-refractivity contribution in [3.05, 3.63) is 0 Å². The third kappa shape index (κ3) is 7.19. The van der Waals surface area contributed by atoms with Gasteiger partial charge in [-0.15, -0.1) is 0 Å². The van der Waals surface area contributed by atoms with Gasteiger partial charge in [-0.3, -0.25) is 9.59 Å². The predicted octanol–water partition coefficient (Wildman–Crippen LogP) is 3.34. The van der Waals surface area contributed by atoms with E-state index in [1.807, 2.05) is 6.92 Å². The summed E-state index contributed by atoms with van der Waals surface area (Å²) in [5, 5.41) is 0. The lowest BCUT2D eigenvalue weighted by Gasteiger charge is -2.20. The van der Waals surface area contributed by atoms with Crippen LogP contribution in [0.5, 0.6) is 0 Å².